The Bertz CT molecular complexity index is 1200. The Labute approximate surface area is 205 Å². The van der Waals surface area contributed by atoms with Crippen molar-refractivity contribution >= 4 is 34.6 Å². The second kappa shape index (κ2) is 8.95. The molecular formula is C26H30ClN7. The molecule has 3 aromatic rings. The first-order valence-electron chi connectivity index (χ1n) is 12.2. The molecular weight excluding hydrogens is 446 g/mol. The maximum absolute atomic E-state index is 5.86. The minimum atomic E-state index is 0.551. The van der Waals surface area contributed by atoms with E-state index in [4.69, 9.17) is 16.6 Å². The van der Waals surface area contributed by atoms with Crippen LogP contribution in [0, 0.1) is 6.92 Å². The molecule has 0 unspecified atom stereocenters. The van der Waals surface area contributed by atoms with Gasteiger partial charge < -0.3 is 20.4 Å². The molecule has 34 heavy (non-hydrogen) atoms. The highest BCUT2D eigenvalue weighted by Crippen LogP contribution is 2.35. The first-order chi connectivity index (χ1) is 16.6. The van der Waals surface area contributed by atoms with E-state index in [-0.39, 0.29) is 0 Å². The van der Waals surface area contributed by atoms with Crippen molar-refractivity contribution in [2.24, 2.45) is 0 Å². The second-order valence-electron chi connectivity index (χ2n) is 9.68. The summed E-state index contributed by atoms with van der Waals surface area (Å²) in [5.74, 6) is 1.98. The van der Waals surface area contributed by atoms with Gasteiger partial charge in [-0.3, -0.25) is 4.98 Å². The van der Waals surface area contributed by atoms with Crippen molar-refractivity contribution in [2.75, 3.05) is 46.6 Å². The topological polar surface area (TPSA) is 69.2 Å². The van der Waals surface area contributed by atoms with Crippen LogP contribution in [0.25, 0.3) is 11.3 Å². The van der Waals surface area contributed by atoms with E-state index in [0.717, 1.165) is 54.6 Å². The number of piperidine rings is 2. The first kappa shape index (κ1) is 21.5. The number of rotatable bonds is 1. The lowest BCUT2D eigenvalue weighted by Gasteiger charge is -2.40. The zero-order chi connectivity index (χ0) is 23.1. The van der Waals surface area contributed by atoms with Gasteiger partial charge in [0, 0.05) is 56.2 Å². The van der Waals surface area contributed by atoms with E-state index in [1.807, 2.05) is 18.5 Å². The van der Waals surface area contributed by atoms with Gasteiger partial charge in [-0.1, -0.05) is 11.6 Å². The van der Waals surface area contributed by atoms with Crippen molar-refractivity contribution < 1.29 is 0 Å². The van der Waals surface area contributed by atoms with Gasteiger partial charge in [-0.05, 0) is 68.5 Å². The Kier molecular flexibility index (Phi) is 5.65. The van der Waals surface area contributed by atoms with Crippen LogP contribution in [-0.2, 0) is 0 Å². The highest BCUT2D eigenvalue weighted by atomic mass is 35.5. The molecule has 2 fully saturated rings. The average Bonchev–Trinajstić information content (AvgIpc) is 2.84. The van der Waals surface area contributed by atoms with E-state index in [1.165, 1.54) is 37.1 Å². The summed E-state index contributed by atoms with van der Waals surface area (Å²) in [5, 5.41) is 7.58. The fourth-order valence-electron chi connectivity index (χ4n) is 5.47. The molecule has 2 saturated heterocycles. The number of halogens is 1. The molecule has 2 atom stereocenters. The van der Waals surface area contributed by atoms with Crippen LogP contribution in [0.2, 0.25) is 5.15 Å². The van der Waals surface area contributed by atoms with E-state index in [0.29, 0.717) is 17.2 Å². The quantitative estimate of drug-likeness (QED) is 0.481. The molecule has 0 amide bonds. The molecule has 176 valence electrons. The summed E-state index contributed by atoms with van der Waals surface area (Å²) in [7, 11) is 0. The summed E-state index contributed by atoms with van der Waals surface area (Å²) in [6.45, 7) is 6.58. The lowest BCUT2D eigenvalue weighted by Crippen LogP contribution is -2.46. The molecule has 0 saturated carbocycles. The SMILES string of the molecule is Cc1cncc(-c2ccc3c(n2)N[C@H]2CCCN3C2)c1.Clc1ccc2c(n1)N[C@H]1CCCN2C1. The molecule has 0 aromatic carbocycles. The van der Waals surface area contributed by atoms with Gasteiger partial charge in [-0.2, -0.15) is 0 Å². The zero-order valence-electron chi connectivity index (χ0n) is 19.5. The lowest BCUT2D eigenvalue weighted by atomic mass is 10.0. The van der Waals surface area contributed by atoms with Crippen LogP contribution in [0.3, 0.4) is 0 Å². The standard InChI is InChI=1S/C16H18N4.C10H12ClN3/c1-11-7-12(9-17-8-11)14-4-5-15-16(19-14)18-13-3-2-6-20(15)10-13;11-9-4-3-8-10(13-9)12-7-2-1-5-14(8)6-7/h4-5,7-9,13H,2-3,6,10H2,1H3,(H,18,19);3-4,7H,1-2,5-6H2,(H,12,13)/t13-;7-/m00/s1. The lowest BCUT2D eigenvalue weighted by molar-refractivity contribution is 0.515. The monoisotopic (exact) mass is 475 g/mol. The number of nitrogens with zero attached hydrogens (tertiary/aromatic N) is 5. The van der Waals surface area contributed by atoms with Crippen LogP contribution in [0.5, 0.6) is 0 Å². The van der Waals surface area contributed by atoms with E-state index in [1.54, 1.807) is 0 Å². The van der Waals surface area contributed by atoms with Gasteiger partial charge in [0.2, 0.25) is 0 Å². The molecule has 7 nitrogen and oxygen atoms in total. The predicted octanol–water partition coefficient (Wildman–Crippen LogP) is 4.98. The minimum Gasteiger partial charge on any atom is -0.366 e. The Morgan fingerprint density at radius 2 is 1.50 bits per heavy atom. The van der Waals surface area contributed by atoms with Crippen molar-refractivity contribution in [3.8, 4) is 11.3 Å². The summed E-state index contributed by atoms with van der Waals surface area (Å²) >= 11 is 5.86. The third kappa shape index (κ3) is 4.25. The number of hydrogen-bond acceptors (Lipinski definition) is 7. The highest BCUT2D eigenvalue weighted by Gasteiger charge is 2.29. The molecule has 4 aliphatic rings. The summed E-state index contributed by atoms with van der Waals surface area (Å²) in [6.07, 6.45) is 8.76. The summed E-state index contributed by atoms with van der Waals surface area (Å²) in [4.78, 5) is 18.2. The molecule has 3 aromatic heterocycles. The first-order valence-corrected chi connectivity index (χ1v) is 12.6. The van der Waals surface area contributed by atoms with Gasteiger partial charge in [-0.25, -0.2) is 9.97 Å². The van der Waals surface area contributed by atoms with Crippen LogP contribution >= 0.6 is 11.6 Å². The second-order valence-corrected chi connectivity index (χ2v) is 10.1. The van der Waals surface area contributed by atoms with Gasteiger partial charge in [0.25, 0.3) is 0 Å². The number of nitrogens with one attached hydrogen (secondary N) is 2. The van der Waals surface area contributed by atoms with Crippen LogP contribution < -0.4 is 20.4 Å². The van der Waals surface area contributed by atoms with E-state index in [2.05, 4.69) is 61.6 Å². The van der Waals surface area contributed by atoms with Crippen LogP contribution in [0.15, 0.2) is 42.7 Å². The zero-order valence-corrected chi connectivity index (χ0v) is 20.2. The molecule has 8 heteroatoms. The van der Waals surface area contributed by atoms with Crippen LogP contribution in [0.4, 0.5) is 23.0 Å². The molecule has 7 heterocycles. The minimum absolute atomic E-state index is 0.551. The van der Waals surface area contributed by atoms with Gasteiger partial charge in [0.05, 0.1) is 17.1 Å². The predicted molar refractivity (Wildman–Crippen MR) is 139 cm³/mol. The maximum atomic E-state index is 5.86. The molecule has 0 radical (unpaired) electrons. The summed E-state index contributed by atoms with van der Waals surface area (Å²) in [5.41, 5.74) is 5.68. The molecule has 7 rings (SSSR count). The fraction of sp³-hybridized carbons (Fsp3) is 0.423. The average molecular weight is 476 g/mol. The molecule has 2 N–H and O–H groups in total. The molecule has 4 bridgehead atoms. The van der Waals surface area contributed by atoms with Gasteiger partial charge >= 0.3 is 0 Å². The van der Waals surface area contributed by atoms with Crippen molar-refractivity contribution in [3.63, 3.8) is 0 Å². The molecule has 0 aliphatic carbocycles. The normalized spacial score (nSPS) is 21.8. The van der Waals surface area contributed by atoms with Gasteiger partial charge in [-0.15, -0.1) is 0 Å². The number of hydrogen-bond donors (Lipinski definition) is 2. The van der Waals surface area contributed by atoms with Crippen molar-refractivity contribution in [1.82, 2.24) is 15.0 Å². The largest absolute Gasteiger partial charge is 0.366 e. The fourth-order valence-corrected chi connectivity index (χ4v) is 5.62. The number of anilines is 4. The Hall–Kier alpha value is -3.06. The Balaban J connectivity index is 0.000000136. The van der Waals surface area contributed by atoms with Crippen LogP contribution in [0.1, 0.15) is 31.2 Å². The van der Waals surface area contributed by atoms with Crippen LogP contribution in [-0.4, -0.2) is 53.2 Å². The van der Waals surface area contributed by atoms with Gasteiger partial charge in [0.1, 0.15) is 5.15 Å². The van der Waals surface area contributed by atoms with Crippen molar-refractivity contribution in [1.29, 1.82) is 0 Å². The highest BCUT2D eigenvalue weighted by molar-refractivity contribution is 6.29. The third-order valence-electron chi connectivity index (χ3n) is 7.09. The number of aromatic nitrogens is 3. The Morgan fingerprint density at radius 3 is 2.18 bits per heavy atom. The van der Waals surface area contributed by atoms with E-state index < -0.39 is 0 Å². The summed E-state index contributed by atoms with van der Waals surface area (Å²) < 4.78 is 0. The molecule has 4 aliphatic heterocycles. The third-order valence-corrected chi connectivity index (χ3v) is 7.30. The Morgan fingerprint density at radius 1 is 0.853 bits per heavy atom. The number of pyridine rings is 3. The van der Waals surface area contributed by atoms with E-state index in [9.17, 15) is 0 Å². The number of fused-ring (bicyclic) bond motifs is 8. The maximum Gasteiger partial charge on any atom is 0.151 e. The van der Waals surface area contributed by atoms with E-state index >= 15 is 0 Å². The van der Waals surface area contributed by atoms with Crippen molar-refractivity contribution in [3.05, 3.63) is 53.4 Å². The summed E-state index contributed by atoms with van der Waals surface area (Å²) in [6, 6.07) is 11.4. The molecule has 0 spiro atoms. The van der Waals surface area contributed by atoms with Gasteiger partial charge in [0.15, 0.2) is 11.6 Å². The number of aryl methyl sites for hydroxylation is 1. The smallest absolute Gasteiger partial charge is 0.151 e. The van der Waals surface area contributed by atoms with Crippen molar-refractivity contribution in [2.45, 2.75) is 44.7 Å².